The molecule has 1 amide bonds. The molecule has 3 heterocycles. The zero-order chi connectivity index (χ0) is 19.7. The van der Waals surface area contributed by atoms with Crippen LogP contribution in [0.25, 0.3) is 10.9 Å². The summed E-state index contributed by atoms with van der Waals surface area (Å²) < 4.78 is 15.3. The summed E-state index contributed by atoms with van der Waals surface area (Å²) in [6.45, 7) is 2.57. The van der Waals surface area contributed by atoms with E-state index in [4.69, 9.17) is 0 Å². The van der Waals surface area contributed by atoms with Gasteiger partial charge >= 0.3 is 0 Å². The SMILES string of the molecule is Cc1cc(C(=O)N(Cc2cccnc2)Cc2c[nH]c3ccc(F)cc23)n(C)n1. The first-order chi connectivity index (χ1) is 13.5. The molecule has 0 radical (unpaired) electrons. The summed E-state index contributed by atoms with van der Waals surface area (Å²) in [5.74, 6) is -0.446. The van der Waals surface area contributed by atoms with Crippen LogP contribution in [0.4, 0.5) is 4.39 Å². The van der Waals surface area contributed by atoms with Crippen LogP contribution in [0.15, 0.2) is 55.0 Å². The molecule has 1 aromatic carbocycles. The van der Waals surface area contributed by atoms with Gasteiger partial charge in [0.2, 0.25) is 0 Å². The van der Waals surface area contributed by atoms with Gasteiger partial charge in [-0.25, -0.2) is 4.39 Å². The highest BCUT2D eigenvalue weighted by Gasteiger charge is 2.21. The highest BCUT2D eigenvalue weighted by molar-refractivity contribution is 5.93. The van der Waals surface area contributed by atoms with Crippen molar-refractivity contribution in [3.05, 3.63) is 83.3 Å². The smallest absolute Gasteiger partial charge is 0.272 e. The Morgan fingerprint density at radius 1 is 1.25 bits per heavy atom. The normalized spacial score (nSPS) is 11.1. The summed E-state index contributed by atoms with van der Waals surface area (Å²) in [4.78, 5) is 22.3. The Hall–Kier alpha value is -3.48. The fourth-order valence-corrected chi connectivity index (χ4v) is 3.37. The molecule has 1 N–H and O–H groups in total. The van der Waals surface area contributed by atoms with E-state index in [1.54, 1.807) is 41.2 Å². The molecular weight excluding hydrogens is 357 g/mol. The average Bonchev–Trinajstić information content (AvgIpc) is 3.23. The van der Waals surface area contributed by atoms with Crippen molar-refractivity contribution >= 4 is 16.8 Å². The van der Waals surface area contributed by atoms with E-state index in [-0.39, 0.29) is 11.7 Å². The number of rotatable bonds is 5. The van der Waals surface area contributed by atoms with Crippen molar-refractivity contribution in [3.8, 4) is 0 Å². The minimum Gasteiger partial charge on any atom is -0.361 e. The molecule has 0 aliphatic heterocycles. The maximum Gasteiger partial charge on any atom is 0.272 e. The number of carbonyl (C=O) groups excluding carboxylic acids is 1. The number of fused-ring (bicyclic) bond motifs is 1. The first-order valence-electron chi connectivity index (χ1n) is 8.95. The summed E-state index contributed by atoms with van der Waals surface area (Å²) in [6, 6.07) is 10.1. The summed E-state index contributed by atoms with van der Waals surface area (Å²) in [5, 5.41) is 5.05. The Labute approximate surface area is 161 Å². The lowest BCUT2D eigenvalue weighted by molar-refractivity contribution is 0.0719. The quantitative estimate of drug-likeness (QED) is 0.578. The molecule has 0 bridgehead atoms. The van der Waals surface area contributed by atoms with Crippen molar-refractivity contribution in [2.45, 2.75) is 20.0 Å². The van der Waals surface area contributed by atoms with Crippen LogP contribution in [0.3, 0.4) is 0 Å². The van der Waals surface area contributed by atoms with E-state index in [0.29, 0.717) is 18.8 Å². The van der Waals surface area contributed by atoms with Crippen LogP contribution >= 0.6 is 0 Å². The van der Waals surface area contributed by atoms with E-state index >= 15 is 0 Å². The van der Waals surface area contributed by atoms with Crippen LogP contribution in [-0.4, -0.2) is 30.6 Å². The molecule has 0 saturated carbocycles. The molecule has 7 heteroatoms. The number of carbonyl (C=O) groups is 1. The van der Waals surface area contributed by atoms with Crippen LogP contribution in [0.5, 0.6) is 0 Å². The number of aromatic nitrogens is 4. The van der Waals surface area contributed by atoms with Gasteiger partial charge in [0, 0.05) is 49.6 Å². The van der Waals surface area contributed by atoms with E-state index in [1.165, 1.54) is 12.1 Å². The number of hydrogen-bond donors (Lipinski definition) is 1. The molecule has 28 heavy (non-hydrogen) atoms. The molecular formula is C21H20FN5O. The average molecular weight is 377 g/mol. The van der Waals surface area contributed by atoms with E-state index in [1.807, 2.05) is 25.3 Å². The van der Waals surface area contributed by atoms with Gasteiger partial charge in [0.1, 0.15) is 11.5 Å². The summed E-state index contributed by atoms with van der Waals surface area (Å²) in [5.41, 5.74) is 3.89. The highest BCUT2D eigenvalue weighted by Crippen LogP contribution is 2.22. The molecule has 142 valence electrons. The minimum absolute atomic E-state index is 0.141. The van der Waals surface area contributed by atoms with E-state index in [0.717, 1.165) is 27.7 Å². The molecule has 0 aliphatic rings. The van der Waals surface area contributed by atoms with Crippen molar-refractivity contribution in [2.75, 3.05) is 0 Å². The van der Waals surface area contributed by atoms with Gasteiger partial charge < -0.3 is 9.88 Å². The molecule has 3 aromatic heterocycles. The van der Waals surface area contributed by atoms with Crippen molar-refractivity contribution < 1.29 is 9.18 Å². The van der Waals surface area contributed by atoms with Crippen LogP contribution in [0, 0.1) is 12.7 Å². The molecule has 0 fully saturated rings. The monoisotopic (exact) mass is 377 g/mol. The fourth-order valence-electron chi connectivity index (χ4n) is 3.37. The lowest BCUT2D eigenvalue weighted by atomic mass is 10.1. The van der Waals surface area contributed by atoms with Gasteiger partial charge in [-0.05, 0) is 48.4 Å². The fraction of sp³-hybridized carbons (Fsp3) is 0.190. The van der Waals surface area contributed by atoms with Gasteiger partial charge in [-0.15, -0.1) is 0 Å². The number of halogens is 1. The standard InChI is InChI=1S/C21H20FN5O/c1-14-8-20(26(2)25-14)21(28)27(12-15-4-3-7-23-10-15)13-16-11-24-19-6-5-17(22)9-18(16)19/h3-11,24H,12-13H2,1-2H3. The van der Waals surface area contributed by atoms with Crippen molar-refractivity contribution in [1.29, 1.82) is 0 Å². The molecule has 0 saturated heterocycles. The number of benzene rings is 1. The largest absolute Gasteiger partial charge is 0.361 e. The Bertz CT molecular complexity index is 1130. The molecule has 0 aliphatic carbocycles. The first-order valence-corrected chi connectivity index (χ1v) is 8.95. The number of amides is 1. The maximum atomic E-state index is 13.7. The summed E-state index contributed by atoms with van der Waals surface area (Å²) in [7, 11) is 1.75. The predicted molar refractivity (Wildman–Crippen MR) is 104 cm³/mol. The molecule has 6 nitrogen and oxygen atoms in total. The molecule has 0 atom stereocenters. The topological polar surface area (TPSA) is 66.8 Å². The third kappa shape index (κ3) is 3.51. The number of aryl methyl sites for hydroxylation is 2. The molecule has 0 spiro atoms. The van der Waals surface area contributed by atoms with Crippen LogP contribution in [0.1, 0.15) is 27.3 Å². The van der Waals surface area contributed by atoms with E-state index in [2.05, 4.69) is 15.1 Å². The number of hydrogen-bond acceptors (Lipinski definition) is 3. The molecule has 4 aromatic rings. The third-order valence-electron chi connectivity index (χ3n) is 4.70. The number of aromatic amines is 1. The predicted octanol–water partition coefficient (Wildman–Crippen LogP) is 3.59. The number of H-pyrrole nitrogens is 1. The summed E-state index contributed by atoms with van der Waals surface area (Å²) >= 11 is 0. The van der Waals surface area contributed by atoms with Gasteiger partial charge in [0.25, 0.3) is 5.91 Å². The van der Waals surface area contributed by atoms with Crippen molar-refractivity contribution in [3.63, 3.8) is 0 Å². The summed E-state index contributed by atoms with van der Waals surface area (Å²) in [6.07, 6.45) is 5.26. The number of pyridine rings is 1. The number of nitrogens with one attached hydrogen (secondary N) is 1. The highest BCUT2D eigenvalue weighted by atomic mass is 19.1. The van der Waals surface area contributed by atoms with Gasteiger partial charge in [-0.3, -0.25) is 14.5 Å². The van der Waals surface area contributed by atoms with E-state index < -0.39 is 0 Å². The zero-order valence-corrected chi connectivity index (χ0v) is 15.7. The van der Waals surface area contributed by atoms with E-state index in [9.17, 15) is 9.18 Å². The molecule has 0 unspecified atom stereocenters. The maximum absolute atomic E-state index is 13.7. The van der Waals surface area contributed by atoms with Crippen molar-refractivity contribution in [2.24, 2.45) is 7.05 Å². The minimum atomic E-state index is -0.305. The van der Waals surface area contributed by atoms with Crippen LogP contribution in [0.2, 0.25) is 0 Å². The first kappa shape index (κ1) is 17.9. The number of nitrogens with zero attached hydrogens (tertiary/aromatic N) is 4. The van der Waals surface area contributed by atoms with Crippen LogP contribution in [-0.2, 0) is 20.1 Å². The Kier molecular flexibility index (Phi) is 4.65. The third-order valence-corrected chi connectivity index (χ3v) is 4.70. The van der Waals surface area contributed by atoms with Crippen molar-refractivity contribution in [1.82, 2.24) is 24.6 Å². The second-order valence-corrected chi connectivity index (χ2v) is 6.82. The molecule has 4 rings (SSSR count). The Morgan fingerprint density at radius 2 is 2.11 bits per heavy atom. The Morgan fingerprint density at radius 3 is 2.82 bits per heavy atom. The van der Waals surface area contributed by atoms with Gasteiger partial charge in [0.05, 0.1) is 5.69 Å². The lowest BCUT2D eigenvalue weighted by Gasteiger charge is -2.22. The Balaban J connectivity index is 1.70. The lowest BCUT2D eigenvalue weighted by Crippen LogP contribution is -2.31. The van der Waals surface area contributed by atoms with Gasteiger partial charge in [0.15, 0.2) is 0 Å². The second kappa shape index (κ2) is 7.26. The van der Waals surface area contributed by atoms with Gasteiger partial charge in [-0.2, -0.15) is 5.10 Å². The van der Waals surface area contributed by atoms with Crippen LogP contribution < -0.4 is 0 Å². The zero-order valence-electron chi connectivity index (χ0n) is 15.7. The second-order valence-electron chi connectivity index (χ2n) is 6.82. The van der Waals surface area contributed by atoms with Gasteiger partial charge in [-0.1, -0.05) is 6.07 Å².